The van der Waals surface area contributed by atoms with E-state index in [1.54, 1.807) is 0 Å². The van der Waals surface area contributed by atoms with Crippen LogP contribution >= 0.6 is 0 Å². The Morgan fingerprint density at radius 1 is 1.07 bits per heavy atom. The maximum absolute atomic E-state index is 13.1. The van der Waals surface area contributed by atoms with Crippen molar-refractivity contribution < 1.29 is 68.7 Å². The van der Waals surface area contributed by atoms with Crippen molar-refractivity contribution in [2.45, 2.75) is 20.2 Å². The molecule has 0 atom stereocenters. The topological polar surface area (TPSA) is 0 Å². The monoisotopic (exact) mass is 244 g/mol. The van der Waals surface area contributed by atoms with E-state index in [4.69, 9.17) is 0 Å². The minimum atomic E-state index is -4.84. The molecule has 0 aliphatic carbocycles. The van der Waals surface area contributed by atoms with Gasteiger partial charge >= 0.3 is 58.4 Å². The molecule has 0 unspecified atom stereocenters. The zero-order chi connectivity index (χ0) is 10.9. The predicted octanol–water partition coefficient (Wildman–Crippen LogP) is 0.376. The number of rotatable bonds is 2. The standard InChI is InChI=1S/C9H10BF4.K/c1-6-3-8(5-10(12,13)14)4-7(2)9(6)11;/h3-4H,5H2,1-2H3;/q-1;+1. The van der Waals surface area contributed by atoms with E-state index >= 15 is 0 Å². The van der Waals surface area contributed by atoms with E-state index in [2.05, 4.69) is 0 Å². The summed E-state index contributed by atoms with van der Waals surface area (Å²) in [7, 11) is 0. The van der Waals surface area contributed by atoms with E-state index in [0.717, 1.165) is 0 Å². The van der Waals surface area contributed by atoms with Gasteiger partial charge in [-0.15, -0.1) is 0 Å². The molecule has 0 bridgehead atoms. The number of aryl methyl sites for hydroxylation is 2. The number of hydrogen-bond acceptors (Lipinski definition) is 0. The van der Waals surface area contributed by atoms with Gasteiger partial charge in [0, 0.05) is 0 Å². The van der Waals surface area contributed by atoms with Crippen LogP contribution in [0.1, 0.15) is 16.7 Å². The average Bonchev–Trinajstić information content (AvgIpc) is 1.96. The van der Waals surface area contributed by atoms with Crippen LogP contribution in [0.25, 0.3) is 0 Å². The molecule has 0 saturated carbocycles. The Labute approximate surface area is 129 Å². The van der Waals surface area contributed by atoms with Crippen LogP contribution in [-0.2, 0) is 6.32 Å². The average molecular weight is 244 g/mol. The van der Waals surface area contributed by atoms with Gasteiger partial charge in [-0.3, -0.25) is 0 Å². The summed E-state index contributed by atoms with van der Waals surface area (Å²) in [5.41, 5.74) is 0.661. The maximum atomic E-state index is 13.1. The van der Waals surface area contributed by atoms with Gasteiger partial charge in [0.05, 0.1) is 0 Å². The van der Waals surface area contributed by atoms with Crippen molar-refractivity contribution in [2.75, 3.05) is 0 Å². The van der Waals surface area contributed by atoms with Crippen molar-refractivity contribution in [3.63, 3.8) is 0 Å². The molecule has 78 valence electrons. The van der Waals surface area contributed by atoms with E-state index in [1.807, 2.05) is 0 Å². The van der Waals surface area contributed by atoms with Gasteiger partial charge in [0.15, 0.2) is 0 Å². The fourth-order valence-corrected chi connectivity index (χ4v) is 1.42. The van der Waals surface area contributed by atoms with Gasteiger partial charge in [-0.05, 0) is 25.0 Å². The zero-order valence-corrected chi connectivity index (χ0v) is 12.1. The Hall–Kier alpha value is 0.641. The molecule has 0 aliphatic heterocycles. The van der Waals surface area contributed by atoms with Crippen LogP contribution in [-0.4, -0.2) is 6.98 Å². The smallest absolute Gasteiger partial charge is 0.449 e. The third kappa shape index (κ3) is 5.00. The van der Waals surface area contributed by atoms with Crippen molar-refractivity contribution in [1.29, 1.82) is 0 Å². The molecule has 0 aliphatic rings. The second-order valence-corrected chi connectivity index (χ2v) is 3.46. The first kappa shape index (κ1) is 15.6. The van der Waals surface area contributed by atoms with Crippen molar-refractivity contribution >= 4 is 6.98 Å². The minimum Gasteiger partial charge on any atom is -0.449 e. The van der Waals surface area contributed by atoms with E-state index in [1.165, 1.54) is 26.0 Å². The van der Waals surface area contributed by atoms with Crippen molar-refractivity contribution in [1.82, 2.24) is 0 Å². The summed E-state index contributed by atoms with van der Waals surface area (Å²) in [4.78, 5) is 0. The second-order valence-electron chi connectivity index (χ2n) is 3.46. The van der Waals surface area contributed by atoms with Crippen LogP contribution in [0.2, 0.25) is 0 Å². The van der Waals surface area contributed by atoms with Gasteiger partial charge in [0.25, 0.3) is 0 Å². The fraction of sp³-hybridized carbons (Fsp3) is 0.333. The molecule has 0 fully saturated rings. The first-order valence-corrected chi connectivity index (χ1v) is 4.26. The number of hydrogen-bond donors (Lipinski definition) is 0. The van der Waals surface area contributed by atoms with Gasteiger partial charge in [-0.25, -0.2) is 4.39 Å². The summed E-state index contributed by atoms with van der Waals surface area (Å²) in [6.07, 6.45) is -0.942. The molecule has 0 heterocycles. The van der Waals surface area contributed by atoms with Crippen LogP contribution in [0.5, 0.6) is 0 Å². The Bertz CT molecular complexity index is 325. The molecule has 0 spiro atoms. The fourth-order valence-electron chi connectivity index (χ4n) is 1.42. The molecule has 15 heavy (non-hydrogen) atoms. The van der Waals surface area contributed by atoms with Crippen LogP contribution < -0.4 is 51.4 Å². The summed E-state index contributed by atoms with van der Waals surface area (Å²) in [5, 5.41) is 0. The summed E-state index contributed by atoms with van der Waals surface area (Å²) >= 11 is 0. The quantitative estimate of drug-likeness (QED) is 0.521. The summed E-state index contributed by atoms with van der Waals surface area (Å²) in [6, 6.07) is 2.50. The second kappa shape index (κ2) is 5.82. The molecule has 0 radical (unpaired) electrons. The number of halogens is 4. The summed E-state index contributed by atoms with van der Waals surface area (Å²) < 4.78 is 49.3. The number of benzene rings is 1. The molecule has 0 saturated heterocycles. The van der Waals surface area contributed by atoms with Crippen molar-refractivity contribution in [2.24, 2.45) is 0 Å². The molecular formula is C9H10BF4K. The molecule has 1 aromatic rings. The molecular weight excluding hydrogens is 234 g/mol. The molecule has 1 aromatic carbocycles. The summed E-state index contributed by atoms with van der Waals surface area (Å²) in [5.74, 6) is -0.427. The molecule has 0 nitrogen and oxygen atoms in total. The van der Waals surface area contributed by atoms with Crippen LogP contribution in [0.4, 0.5) is 17.3 Å². The predicted molar refractivity (Wildman–Crippen MR) is 48.7 cm³/mol. The molecule has 6 heteroatoms. The zero-order valence-electron chi connectivity index (χ0n) is 8.95. The SMILES string of the molecule is Cc1cc(C[B-](F)(F)F)cc(C)c1F.[K+]. The van der Waals surface area contributed by atoms with Gasteiger partial charge in [0.1, 0.15) is 5.82 Å². The van der Waals surface area contributed by atoms with Crippen LogP contribution in [0.3, 0.4) is 0 Å². The van der Waals surface area contributed by atoms with E-state index in [-0.39, 0.29) is 68.1 Å². The van der Waals surface area contributed by atoms with E-state index in [9.17, 15) is 17.3 Å². The van der Waals surface area contributed by atoms with E-state index < -0.39 is 19.1 Å². The van der Waals surface area contributed by atoms with Crippen LogP contribution in [0, 0.1) is 19.7 Å². The first-order chi connectivity index (χ1) is 6.29. The van der Waals surface area contributed by atoms with Gasteiger partial charge in [-0.2, -0.15) is 0 Å². The van der Waals surface area contributed by atoms with Gasteiger partial charge in [-0.1, -0.05) is 24.0 Å². The third-order valence-corrected chi connectivity index (χ3v) is 1.96. The van der Waals surface area contributed by atoms with Crippen molar-refractivity contribution in [3.05, 3.63) is 34.6 Å². The minimum absolute atomic E-state index is 0. The largest absolute Gasteiger partial charge is 1.00 e. The normalized spacial score (nSPS) is 11.1. The van der Waals surface area contributed by atoms with Crippen LogP contribution in [0.15, 0.2) is 12.1 Å². The van der Waals surface area contributed by atoms with E-state index in [0.29, 0.717) is 0 Å². The third-order valence-electron chi connectivity index (χ3n) is 1.96. The first-order valence-electron chi connectivity index (χ1n) is 4.26. The van der Waals surface area contributed by atoms with Gasteiger partial charge in [0.2, 0.25) is 0 Å². The van der Waals surface area contributed by atoms with Gasteiger partial charge < -0.3 is 12.9 Å². The Kier molecular flexibility index (Phi) is 6.07. The molecule has 0 aromatic heterocycles. The molecule has 0 amide bonds. The Morgan fingerprint density at radius 2 is 1.47 bits per heavy atom. The molecule has 1 rings (SSSR count). The Balaban J connectivity index is 0.00000196. The maximum Gasteiger partial charge on any atom is 1.00 e. The molecule has 0 N–H and O–H groups in total. The van der Waals surface area contributed by atoms with Crippen molar-refractivity contribution in [3.8, 4) is 0 Å². The Morgan fingerprint density at radius 3 is 1.80 bits per heavy atom. The summed E-state index contributed by atoms with van der Waals surface area (Å²) in [6.45, 7) is -1.91.